The first-order valence-electron chi connectivity index (χ1n) is 12.1. The number of nitrogens with zero attached hydrogens (tertiary/aromatic N) is 2. The Morgan fingerprint density at radius 2 is 1.65 bits per heavy atom. The summed E-state index contributed by atoms with van der Waals surface area (Å²) in [4.78, 5) is 40.9. The zero-order chi connectivity index (χ0) is 26.2. The fourth-order valence-electron chi connectivity index (χ4n) is 5.21. The lowest BCUT2D eigenvalue weighted by Crippen LogP contribution is -2.33. The molecular formula is C27H25F3N2O5. The summed E-state index contributed by atoms with van der Waals surface area (Å²) in [6.45, 7) is 2.37. The third-order valence-electron chi connectivity index (χ3n) is 7.12. The minimum absolute atomic E-state index is 0.0821. The second kappa shape index (κ2) is 9.91. The molecule has 2 amide bonds. The van der Waals surface area contributed by atoms with E-state index < -0.39 is 6.36 Å². The van der Waals surface area contributed by atoms with Gasteiger partial charge >= 0.3 is 12.3 Å². The monoisotopic (exact) mass is 514 g/mol. The molecule has 2 fully saturated rings. The van der Waals surface area contributed by atoms with E-state index in [2.05, 4.69) is 4.74 Å². The topological polar surface area (TPSA) is 76.2 Å². The van der Waals surface area contributed by atoms with E-state index in [0.717, 1.165) is 18.4 Å². The van der Waals surface area contributed by atoms with Crippen LogP contribution in [0.5, 0.6) is 11.5 Å². The number of benzene rings is 2. The van der Waals surface area contributed by atoms with E-state index in [1.807, 2.05) is 4.90 Å². The van der Waals surface area contributed by atoms with Crippen LogP contribution in [0.1, 0.15) is 34.3 Å². The summed E-state index contributed by atoms with van der Waals surface area (Å²) in [5.74, 6) is 0.167. The van der Waals surface area contributed by atoms with Gasteiger partial charge in [-0.1, -0.05) is 18.2 Å². The Morgan fingerprint density at radius 3 is 2.30 bits per heavy atom. The van der Waals surface area contributed by atoms with Gasteiger partial charge in [0.05, 0.1) is 6.42 Å². The van der Waals surface area contributed by atoms with Crippen molar-refractivity contribution in [1.82, 2.24) is 9.80 Å². The van der Waals surface area contributed by atoms with Crippen LogP contribution in [0.4, 0.5) is 13.2 Å². The van der Waals surface area contributed by atoms with Crippen LogP contribution in [0.15, 0.2) is 48.5 Å². The lowest BCUT2D eigenvalue weighted by atomic mass is 9.92. The van der Waals surface area contributed by atoms with Gasteiger partial charge in [0.2, 0.25) is 5.91 Å². The molecule has 0 spiro atoms. The summed E-state index contributed by atoms with van der Waals surface area (Å²) in [6, 6.07) is 10.5. The number of hydrogen-bond acceptors (Lipinski definition) is 5. The highest BCUT2D eigenvalue weighted by molar-refractivity contribution is 5.96. The molecule has 0 aliphatic carbocycles. The lowest BCUT2D eigenvalue weighted by molar-refractivity contribution is -0.274. The molecule has 2 atom stereocenters. The Bertz CT molecular complexity index is 1230. The number of carbonyl (C=O) groups is 3. The van der Waals surface area contributed by atoms with Crippen molar-refractivity contribution in [2.75, 3.05) is 26.2 Å². The summed E-state index contributed by atoms with van der Waals surface area (Å²) >= 11 is 0. The number of hydrogen-bond donors (Lipinski definition) is 0. The highest BCUT2D eigenvalue weighted by Crippen LogP contribution is 2.34. The van der Waals surface area contributed by atoms with Gasteiger partial charge in [0.25, 0.3) is 5.91 Å². The second-order valence-corrected chi connectivity index (χ2v) is 9.56. The van der Waals surface area contributed by atoms with Crippen LogP contribution in [0.2, 0.25) is 0 Å². The van der Waals surface area contributed by atoms with Crippen molar-refractivity contribution in [2.45, 2.75) is 25.6 Å². The van der Waals surface area contributed by atoms with E-state index in [4.69, 9.17) is 4.74 Å². The molecule has 0 unspecified atom stereocenters. The molecule has 194 valence electrons. The Labute approximate surface area is 211 Å². The van der Waals surface area contributed by atoms with Crippen molar-refractivity contribution in [3.05, 3.63) is 65.2 Å². The van der Waals surface area contributed by atoms with Gasteiger partial charge in [-0.2, -0.15) is 0 Å². The van der Waals surface area contributed by atoms with E-state index in [-0.39, 0.29) is 30.0 Å². The predicted molar refractivity (Wildman–Crippen MR) is 127 cm³/mol. The molecule has 3 aliphatic rings. The maximum absolute atomic E-state index is 13.1. The largest absolute Gasteiger partial charge is 0.573 e. The van der Waals surface area contributed by atoms with Gasteiger partial charge in [-0.25, -0.2) is 0 Å². The first-order valence-corrected chi connectivity index (χ1v) is 12.1. The molecule has 0 radical (unpaired) electrons. The quantitative estimate of drug-likeness (QED) is 0.349. The van der Waals surface area contributed by atoms with E-state index in [9.17, 15) is 27.6 Å². The van der Waals surface area contributed by atoms with Crippen molar-refractivity contribution in [1.29, 1.82) is 0 Å². The minimum Gasteiger partial charge on any atom is -0.426 e. The fourth-order valence-corrected chi connectivity index (χ4v) is 5.21. The number of ether oxygens (including phenoxy) is 2. The number of esters is 1. The predicted octanol–water partition coefficient (Wildman–Crippen LogP) is 4.07. The minimum atomic E-state index is -4.75. The normalized spacial score (nSPS) is 21.4. The van der Waals surface area contributed by atoms with E-state index >= 15 is 0 Å². The van der Waals surface area contributed by atoms with Crippen LogP contribution in [-0.4, -0.2) is 60.1 Å². The number of carbonyl (C=O) groups excluding carboxylic acids is 3. The molecule has 3 aliphatic heterocycles. The van der Waals surface area contributed by atoms with Gasteiger partial charge in [0.15, 0.2) is 0 Å². The smallest absolute Gasteiger partial charge is 0.426 e. The molecule has 5 rings (SSSR count). The summed E-state index contributed by atoms with van der Waals surface area (Å²) in [6.07, 6.45) is 0.0294. The van der Waals surface area contributed by atoms with Gasteiger partial charge in [-0.3, -0.25) is 14.4 Å². The molecule has 37 heavy (non-hydrogen) atoms. The molecule has 3 heterocycles. The van der Waals surface area contributed by atoms with Crippen LogP contribution in [0, 0.1) is 11.8 Å². The summed E-state index contributed by atoms with van der Waals surface area (Å²) < 4.78 is 45.9. The first kappa shape index (κ1) is 24.9. The number of amides is 2. The van der Waals surface area contributed by atoms with Crippen LogP contribution in [0.3, 0.4) is 0 Å². The highest BCUT2D eigenvalue weighted by atomic mass is 19.4. The Balaban J connectivity index is 1.14. The average Bonchev–Trinajstić information content (AvgIpc) is 3.37. The molecular weight excluding hydrogens is 489 g/mol. The van der Waals surface area contributed by atoms with Crippen LogP contribution >= 0.6 is 0 Å². The van der Waals surface area contributed by atoms with Gasteiger partial charge in [0.1, 0.15) is 11.5 Å². The summed E-state index contributed by atoms with van der Waals surface area (Å²) in [5.41, 5.74) is 1.88. The zero-order valence-electron chi connectivity index (χ0n) is 19.9. The van der Waals surface area contributed by atoms with Crippen LogP contribution in [-0.2, 0) is 16.0 Å². The molecule has 0 N–H and O–H groups in total. The standard InChI is InChI=1S/C27H25F3N2O5/c28-27(29,30)37-22-6-1-17(2-7-22)3-8-24(33)31-11-9-20-15-32(16-21(20)10-12-31)26(35)19-5-4-18-14-25(34)36-23(18)13-19/h1-8,13,20-21H,9-12,14-16H2/b8-3+/t20-,21+. The molecule has 7 nitrogen and oxygen atoms in total. The van der Waals surface area contributed by atoms with Gasteiger partial charge in [-0.05, 0) is 60.6 Å². The van der Waals surface area contributed by atoms with Crippen LogP contribution < -0.4 is 9.47 Å². The van der Waals surface area contributed by atoms with E-state index in [1.165, 1.54) is 30.3 Å². The Morgan fingerprint density at radius 1 is 0.973 bits per heavy atom. The van der Waals surface area contributed by atoms with Crippen LogP contribution in [0.25, 0.3) is 6.08 Å². The zero-order valence-corrected chi connectivity index (χ0v) is 19.9. The maximum Gasteiger partial charge on any atom is 0.573 e. The number of alkyl halides is 3. The highest BCUT2D eigenvalue weighted by Gasteiger charge is 2.38. The van der Waals surface area contributed by atoms with E-state index in [0.29, 0.717) is 54.9 Å². The van der Waals surface area contributed by atoms with Gasteiger partial charge in [-0.15, -0.1) is 13.2 Å². The maximum atomic E-state index is 13.1. The Kier molecular flexibility index (Phi) is 6.66. The van der Waals surface area contributed by atoms with Crippen molar-refractivity contribution in [2.24, 2.45) is 11.8 Å². The van der Waals surface area contributed by atoms with Crippen molar-refractivity contribution < 1.29 is 37.0 Å². The molecule has 0 aromatic heterocycles. The molecule has 0 bridgehead atoms. The number of fused-ring (bicyclic) bond motifs is 2. The van der Waals surface area contributed by atoms with Crippen molar-refractivity contribution >= 4 is 23.9 Å². The number of rotatable bonds is 4. The molecule has 2 saturated heterocycles. The lowest BCUT2D eigenvalue weighted by Gasteiger charge is -2.21. The molecule has 2 aromatic carbocycles. The number of halogens is 3. The Hall–Kier alpha value is -3.82. The SMILES string of the molecule is O=C1Cc2ccc(C(=O)N3C[C@H]4CCN(C(=O)/C=C/c5ccc(OC(F)(F)F)cc5)CC[C@H]4C3)cc2O1. The molecule has 0 saturated carbocycles. The average molecular weight is 515 g/mol. The molecule has 10 heteroatoms. The molecule has 2 aromatic rings. The third-order valence-corrected chi connectivity index (χ3v) is 7.12. The van der Waals surface area contributed by atoms with Gasteiger partial charge in [0, 0.05) is 43.4 Å². The fraction of sp³-hybridized carbons (Fsp3) is 0.370. The van der Waals surface area contributed by atoms with E-state index in [1.54, 1.807) is 29.2 Å². The summed E-state index contributed by atoms with van der Waals surface area (Å²) in [7, 11) is 0. The number of likely N-dealkylation sites (tertiary alicyclic amines) is 2. The third kappa shape index (κ3) is 5.79. The van der Waals surface area contributed by atoms with Crippen molar-refractivity contribution in [3.8, 4) is 11.5 Å². The summed E-state index contributed by atoms with van der Waals surface area (Å²) in [5, 5.41) is 0. The first-order chi connectivity index (χ1) is 17.6. The van der Waals surface area contributed by atoms with Gasteiger partial charge < -0.3 is 19.3 Å². The second-order valence-electron chi connectivity index (χ2n) is 9.56. The van der Waals surface area contributed by atoms with Crippen molar-refractivity contribution in [3.63, 3.8) is 0 Å².